The molecule has 2 nitrogen and oxygen atoms in total. The second kappa shape index (κ2) is 2.76. The molecule has 1 unspecified atom stereocenters. The predicted octanol–water partition coefficient (Wildman–Crippen LogP) is 1.67. The molecule has 10 heavy (non-hydrogen) atoms. The number of nitrogens with zero attached hydrogens (tertiary/aromatic N) is 2. The molecular weight excluding hydrogens is 192 g/mol. The molecule has 1 aliphatic rings. The largest absolute Gasteiger partial charge is 0.329 e. The summed E-state index contributed by atoms with van der Waals surface area (Å²) in [6.45, 7) is 5.61. The molecule has 0 aliphatic carbocycles. The van der Waals surface area contributed by atoms with E-state index in [9.17, 15) is 0 Å². The maximum atomic E-state index is 3.70. The SMILES string of the molecule is C=CC[N+]1(Br)C=CN(C)C1. The lowest BCUT2D eigenvalue weighted by atomic mass is 10.6. The van der Waals surface area contributed by atoms with Crippen molar-refractivity contribution < 1.29 is 3.51 Å². The van der Waals surface area contributed by atoms with Gasteiger partial charge in [0.25, 0.3) is 0 Å². The number of hydrogen-bond acceptors (Lipinski definition) is 1. The minimum atomic E-state index is 0.771. The first-order valence-electron chi connectivity index (χ1n) is 3.23. The second-order valence-corrected chi connectivity index (χ2v) is 4.01. The zero-order valence-electron chi connectivity index (χ0n) is 6.13. The summed E-state index contributed by atoms with van der Waals surface area (Å²) in [7, 11) is 2.06. The Morgan fingerprint density at radius 1 is 1.90 bits per heavy atom. The molecule has 0 bridgehead atoms. The average molecular weight is 204 g/mol. The molecule has 0 aromatic heterocycles. The topological polar surface area (TPSA) is 3.24 Å². The smallest absolute Gasteiger partial charge is 0.234 e. The normalized spacial score (nSPS) is 31.2. The molecule has 0 radical (unpaired) electrons. The molecule has 1 atom stereocenters. The lowest BCUT2D eigenvalue weighted by Gasteiger charge is -2.21. The molecule has 0 saturated heterocycles. The van der Waals surface area contributed by atoms with Gasteiger partial charge in [-0.15, -0.1) is 0 Å². The molecule has 3 heteroatoms. The molecular formula is C7H12BrN2+. The van der Waals surface area contributed by atoms with Crippen molar-refractivity contribution in [2.75, 3.05) is 20.3 Å². The fourth-order valence-electron chi connectivity index (χ4n) is 1.03. The van der Waals surface area contributed by atoms with Gasteiger partial charge >= 0.3 is 0 Å². The monoisotopic (exact) mass is 203 g/mol. The van der Waals surface area contributed by atoms with Crippen molar-refractivity contribution in [3.63, 3.8) is 0 Å². The van der Waals surface area contributed by atoms with Crippen LogP contribution in [-0.2, 0) is 0 Å². The predicted molar refractivity (Wildman–Crippen MR) is 46.0 cm³/mol. The summed E-state index contributed by atoms with van der Waals surface area (Å²) in [4.78, 5) is 2.14. The standard InChI is InChI=1S/C7H12BrN2/c1-3-5-10(8)6-4-9(2)7-10/h3-4,6H,1,5,7H2,2H3/q+1. The first-order valence-corrected chi connectivity index (χ1v) is 3.94. The summed E-state index contributed by atoms with van der Waals surface area (Å²) in [5.74, 6) is 0. The zero-order chi connectivity index (χ0) is 7.61. The van der Waals surface area contributed by atoms with Gasteiger partial charge in [-0.1, -0.05) is 6.58 Å². The van der Waals surface area contributed by atoms with Crippen LogP contribution in [0.3, 0.4) is 0 Å². The quantitative estimate of drug-likeness (QED) is 0.488. The highest BCUT2D eigenvalue weighted by Gasteiger charge is 2.26. The van der Waals surface area contributed by atoms with E-state index < -0.39 is 0 Å². The summed E-state index contributed by atoms with van der Waals surface area (Å²) in [6, 6.07) is 0. The third-order valence-electron chi connectivity index (χ3n) is 1.48. The Bertz CT molecular complexity index is 167. The van der Waals surface area contributed by atoms with Crippen LogP contribution in [0.15, 0.2) is 25.1 Å². The van der Waals surface area contributed by atoms with Crippen LogP contribution in [0, 0.1) is 0 Å². The van der Waals surface area contributed by atoms with Gasteiger partial charge in [0, 0.05) is 7.05 Å². The lowest BCUT2D eigenvalue weighted by molar-refractivity contribution is -0.719. The summed E-state index contributed by atoms with van der Waals surface area (Å²) in [5.41, 5.74) is 0. The van der Waals surface area contributed by atoms with Gasteiger partial charge in [-0.25, -0.2) is 3.51 Å². The minimum Gasteiger partial charge on any atom is -0.329 e. The van der Waals surface area contributed by atoms with E-state index in [0.717, 1.165) is 16.7 Å². The molecule has 56 valence electrons. The van der Waals surface area contributed by atoms with E-state index in [1.165, 1.54) is 0 Å². The Labute approximate surface area is 70.4 Å². The van der Waals surface area contributed by atoms with E-state index in [-0.39, 0.29) is 0 Å². The molecule has 0 aromatic rings. The van der Waals surface area contributed by atoms with Crippen molar-refractivity contribution in [3.8, 4) is 0 Å². The van der Waals surface area contributed by atoms with Gasteiger partial charge in [0.2, 0.25) is 16.1 Å². The molecule has 1 rings (SSSR count). The lowest BCUT2D eigenvalue weighted by Crippen LogP contribution is -2.33. The minimum absolute atomic E-state index is 0.771. The van der Waals surface area contributed by atoms with E-state index in [1.54, 1.807) is 0 Å². The summed E-state index contributed by atoms with van der Waals surface area (Å²) < 4.78 is 0.771. The maximum Gasteiger partial charge on any atom is 0.234 e. The van der Waals surface area contributed by atoms with Crippen LogP contribution in [0.4, 0.5) is 0 Å². The Kier molecular flexibility index (Phi) is 2.16. The van der Waals surface area contributed by atoms with E-state index in [0.29, 0.717) is 0 Å². The number of hydrogen-bond donors (Lipinski definition) is 0. The summed E-state index contributed by atoms with van der Waals surface area (Å²) >= 11 is 3.58. The van der Waals surface area contributed by atoms with Crippen LogP contribution in [0.5, 0.6) is 0 Å². The van der Waals surface area contributed by atoms with Crippen molar-refractivity contribution >= 4 is 16.1 Å². The van der Waals surface area contributed by atoms with Gasteiger partial charge in [0.15, 0.2) is 6.67 Å². The van der Waals surface area contributed by atoms with Crippen molar-refractivity contribution in [2.24, 2.45) is 0 Å². The van der Waals surface area contributed by atoms with Crippen LogP contribution in [-0.4, -0.2) is 28.7 Å². The van der Waals surface area contributed by atoms with Crippen molar-refractivity contribution in [1.82, 2.24) is 4.90 Å². The molecule has 1 aliphatic heterocycles. The van der Waals surface area contributed by atoms with Gasteiger partial charge in [-0.3, -0.25) is 0 Å². The number of rotatable bonds is 2. The maximum absolute atomic E-state index is 3.70. The molecule has 0 fully saturated rings. The van der Waals surface area contributed by atoms with Crippen molar-refractivity contribution in [1.29, 1.82) is 0 Å². The van der Waals surface area contributed by atoms with E-state index in [2.05, 4.69) is 47.1 Å². The highest BCUT2D eigenvalue weighted by Crippen LogP contribution is 2.22. The third kappa shape index (κ3) is 1.61. The third-order valence-corrected chi connectivity index (χ3v) is 2.23. The number of halogens is 1. The first kappa shape index (κ1) is 7.82. The Morgan fingerprint density at radius 3 is 3.00 bits per heavy atom. The van der Waals surface area contributed by atoms with E-state index >= 15 is 0 Å². The summed E-state index contributed by atoms with van der Waals surface area (Å²) in [6.07, 6.45) is 6.10. The fraction of sp³-hybridized carbons (Fsp3) is 0.429. The Hall–Kier alpha value is -0.280. The summed E-state index contributed by atoms with van der Waals surface area (Å²) in [5, 5.41) is 0. The van der Waals surface area contributed by atoms with E-state index in [4.69, 9.17) is 0 Å². The molecule has 1 heterocycles. The van der Waals surface area contributed by atoms with Crippen LogP contribution < -0.4 is 0 Å². The Balaban J connectivity index is 2.56. The van der Waals surface area contributed by atoms with Crippen LogP contribution >= 0.6 is 16.1 Å². The van der Waals surface area contributed by atoms with E-state index in [1.807, 2.05) is 6.08 Å². The first-order chi connectivity index (χ1) is 4.66. The van der Waals surface area contributed by atoms with Crippen molar-refractivity contribution in [3.05, 3.63) is 25.1 Å². The zero-order valence-corrected chi connectivity index (χ0v) is 7.71. The molecule has 0 saturated carbocycles. The van der Waals surface area contributed by atoms with Crippen LogP contribution in [0.2, 0.25) is 0 Å². The Morgan fingerprint density at radius 2 is 2.60 bits per heavy atom. The van der Waals surface area contributed by atoms with Crippen LogP contribution in [0.25, 0.3) is 0 Å². The highest BCUT2D eigenvalue weighted by atomic mass is 79.9. The molecule has 0 amide bonds. The van der Waals surface area contributed by atoms with Gasteiger partial charge in [-0.2, -0.15) is 0 Å². The highest BCUT2D eigenvalue weighted by molar-refractivity contribution is 9.05. The van der Waals surface area contributed by atoms with Gasteiger partial charge in [0.1, 0.15) is 12.7 Å². The van der Waals surface area contributed by atoms with Crippen LogP contribution in [0.1, 0.15) is 0 Å². The van der Waals surface area contributed by atoms with Gasteiger partial charge in [0.05, 0.1) is 6.20 Å². The average Bonchev–Trinajstić information content (AvgIpc) is 2.12. The fourth-order valence-corrected chi connectivity index (χ4v) is 1.70. The number of quaternary nitrogens is 1. The second-order valence-electron chi connectivity index (χ2n) is 2.59. The molecule has 0 aromatic carbocycles. The molecule has 0 spiro atoms. The van der Waals surface area contributed by atoms with Gasteiger partial charge < -0.3 is 4.90 Å². The van der Waals surface area contributed by atoms with Crippen molar-refractivity contribution in [2.45, 2.75) is 0 Å². The molecule has 0 N–H and O–H groups in total. The van der Waals surface area contributed by atoms with Gasteiger partial charge in [-0.05, 0) is 6.08 Å².